The summed E-state index contributed by atoms with van der Waals surface area (Å²) in [4.78, 5) is 23.9. The van der Waals surface area contributed by atoms with Gasteiger partial charge in [-0.3, -0.25) is 9.59 Å². The number of carbonyl (C=O) groups is 2. The van der Waals surface area contributed by atoms with Gasteiger partial charge in [-0.25, -0.2) is 10.9 Å². The molecule has 2 aromatic carbocycles. The Hall–Kier alpha value is -2.60. The van der Waals surface area contributed by atoms with Gasteiger partial charge in [-0.2, -0.15) is 0 Å². The number of anilines is 2. The highest BCUT2D eigenvalue weighted by atomic mass is 16.2. The molecule has 2 aromatic rings. The molecule has 0 atom stereocenters. The quantitative estimate of drug-likeness (QED) is 0.269. The zero-order valence-corrected chi connectivity index (χ0v) is 9.31. The SMILES string of the molecule is Nc1cc2c3c(cc(N)cc3c1)C(=O)N(N)C2=O. The van der Waals surface area contributed by atoms with Crippen molar-refractivity contribution in [3.05, 3.63) is 35.4 Å². The number of benzene rings is 2. The first-order chi connectivity index (χ1) is 8.49. The number of imide groups is 1. The van der Waals surface area contributed by atoms with E-state index >= 15 is 0 Å². The molecule has 1 heterocycles. The summed E-state index contributed by atoms with van der Waals surface area (Å²) in [6.07, 6.45) is 0. The minimum atomic E-state index is -0.561. The number of nitrogens with zero attached hydrogens (tertiary/aromatic N) is 1. The van der Waals surface area contributed by atoms with Crippen LogP contribution in [0.2, 0.25) is 0 Å². The molecule has 3 rings (SSSR count). The number of nitrogen functional groups attached to an aromatic ring is 2. The number of nitrogens with two attached hydrogens (primary N) is 3. The summed E-state index contributed by atoms with van der Waals surface area (Å²) in [7, 11) is 0. The van der Waals surface area contributed by atoms with Gasteiger partial charge in [0.2, 0.25) is 0 Å². The summed E-state index contributed by atoms with van der Waals surface area (Å²) in [5.74, 6) is 4.34. The van der Waals surface area contributed by atoms with Gasteiger partial charge in [0.15, 0.2) is 0 Å². The molecule has 18 heavy (non-hydrogen) atoms. The third kappa shape index (κ3) is 1.20. The fraction of sp³-hybridized carbons (Fsp3) is 0. The maximum Gasteiger partial charge on any atom is 0.275 e. The largest absolute Gasteiger partial charge is 0.399 e. The van der Waals surface area contributed by atoms with E-state index in [4.69, 9.17) is 17.3 Å². The number of hydrogen-bond donors (Lipinski definition) is 3. The predicted octanol–water partition coefficient (Wildman–Crippen LogP) is 0.474. The maximum atomic E-state index is 11.9. The van der Waals surface area contributed by atoms with E-state index in [2.05, 4.69) is 0 Å². The lowest BCUT2D eigenvalue weighted by Gasteiger charge is -2.23. The highest BCUT2D eigenvalue weighted by Crippen LogP contribution is 2.32. The molecule has 0 unspecified atom stereocenters. The predicted molar refractivity (Wildman–Crippen MR) is 67.5 cm³/mol. The molecule has 0 radical (unpaired) electrons. The maximum absolute atomic E-state index is 11.9. The van der Waals surface area contributed by atoms with Crippen molar-refractivity contribution in [1.29, 1.82) is 0 Å². The molecule has 0 aliphatic carbocycles. The fourth-order valence-corrected chi connectivity index (χ4v) is 2.25. The summed E-state index contributed by atoms with van der Waals surface area (Å²) >= 11 is 0. The number of rotatable bonds is 0. The molecular formula is C12H10N4O2. The summed E-state index contributed by atoms with van der Waals surface area (Å²) < 4.78 is 0. The van der Waals surface area contributed by atoms with Gasteiger partial charge >= 0.3 is 0 Å². The van der Waals surface area contributed by atoms with Crippen LogP contribution in [0.4, 0.5) is 11.4 Å². The Morgan fingerprint density at radius 3 is 1.72 bits per heavy atom. The van der Waals surface area contributed by atoms with Gasteiger partial charge < -0.3 is 11.5 Å². The Labute approximate surface area is 102 Å². The van der Waals surface area contributed by atoms with Gasteiger partial charge in [0.1, 0.15) is 0 Å². The van der Waals surface area contributed by atoms with Crippen LogP contribution in [-0.2, 0) is 0 Å². The molecular weight excluding hydrogens is 232 g/mol. The van der Waals surface area contributed by atoms with Crippen LogP contribution < -0.4 is 17.3 Å². The first kappa shape index (κ1) is 10.5. The van der Waals surface area contributed by atoms with Gasteiger partial charge in [-0.1, -0.05) is 0 Å². The average molecular weight is 242 g/mol. The lowest BCUT2D eigenvalue weighted by Crippen LogP contribution is -2.45. The number of carbonyl (C=O) groups excluding carboxylic acids is 2. The van der Waals surface area contributed by atoms with Crippen molar-refractivity contribution in [3.63, 3.8) is 0 Å². The van der Waals surface area contributed by atoms with E-state index in [1.807, 2.05) is 0 Å². The normalized spacial score (nSPS) is 14.4. The van der Waals surface area contributed by atoms with Gasteiger partial charge in [0.25, 0.3) is 11.8 Å². The smallest absolute Gasteiger partial charge is 0.275 e. The first-order valence-electron chi connectivity index (χ1n) is 5.25. The Morgan fingerprint density at radius 2 is 1.28 bits per heavy atom. The second kappa shape index (κ2) is 3.21. The van der Waals surface area contributed by atoms with Crippen LogP contribution in [-0.4, -0.2) is 16.8 Å². The van der Waals surface area contributed by atoms with Crippen LogP contribution in [0.25, 0.3) is 10.8 Å². The second-order valence-electron chi connectivity index (χ2n) is 4.22. The van der Waals surface area contributed by atoms with Gasteiger partial charge in [0.05, 0.1) is 11.1 Å². The van der Waals surface area contributed by atoms with Crippen LogP contribution in [0.5, 0.6) is 0 Å². The molecule has 0 spiro atoms. The van der Waals surface area contributed by atoms with Crippen molar-refractivity contribution in [2.24, 2.45) is 5.84 Å². The van der Waals surface area contributed by atoms with Crippen molar-refractivity contribution in [2.45, 2.75) is 0 Å². The summed E-state index contributed by atoms with van der Waals surface area (Å²) in [5, 5.41) is 1.79. The molecule has 0 saturated carbocycles. The third-order valence-corrected chi connectivity index (χ3v) is 2.99. The Bertz CT molecular complexity index is 667. The van der Waals surface area contributed by atoms with E-state index in [9.17, 15) is 9.59 Å². The van der Waals surface area contributed by atoms with Crippen molar-refractivity contribution >= 4 is 34.0 Å². The Balaban J connectivity index is 2.54. The Kier molecular flexibility index (Phi) is 1.88. The van der Waals surface area contributed by atoms with Gasteiger partial charge in [-0.05, 0) is 29.7 Å². The van der Waals surface area contributed by atoms with Crippen LogP contribution in [0.1, 0.15) is 20.7 Å². The van der Waals surface area contributed by atoms with Gasteiger partial charge in [0, 0.05) is 16.8 Å². The van der Waals surface area contributed by atoms with E-state index in [-0.39, 0.29) is 0 Å². The summed E-state index contributed by atoms with van der Waals surface area (Å²) in [6.45, 7) is 0. The minimum absolute atomic E-state index is 0.321. The first-order valence-corrected chi connectivity index (χ1v) is 5.25. The van der Waals surface area contributed by atoms with Gasteiger partial charge in [-0.15, -0.1) is 0 Å². The topological polar surface area (TPSA) is 115 Å². The highest BCUT2D eigenvalue weighted by Gasteiger charge is 2.31. The number of amides is 2. The molecule has 2 amide bonds. The van der Waals surface area contributed by atoms with Crippen LogP contribution in [0.15, 0.2) is 24.3 Å². The van der Waals surface area contributed by atoms with Crippen LogP contribution >= 0.6 is 0 Å². The lowest BCUT2D eigenvalue weighted by molar-refractivity contribution is 0.0610. The summed E-state index contributed by atoms with van der Waals surface area (Å²) in [6, 6.07) is 6.37. The molecule has 0 fully saturated rings. The van der Waals surface area contributed by atoms with Crippen molar-refractivity contribution in [2.75, 3.05) is 11.5 Å². The molecule has 6 nitrogen and oxygen atoms in total. The monoisotopic (exact) mass is 242 g/mol. The zero-order valence-electron chi connectivity index (χ0n) is 9.31. The standard InChI is InChI=1S/C12H10N4O2/c13-6-1-5-2-7(14)4-9-10(5)8(3-6)11(17)16(15)12(9)18/h1-4H,13-15H2. The van der Waals surface area contributed by atoms with Crippen molar-refractivity contribution in [1.82, 2.24) is 5.01 Å². The molecule has 1 aliphatic heterocycles. The zero-order chi connectivity index (χ0) is 13.0. The average Bonchev–Trinajstić information content (AvgIpc) is 2.32. The molecule has 6 heteroatoms. The molecule has 6 N–H and O–H groups in total. The van der Waals surface area contributed by atoms with E-state index in [1.165, 1.54) is 12.1 Å². The minimum Gasteiger partial charge on any atom is -0.399 e. The number of hydrogen-bond acceptors (Lipinski definition) is 5. The number of hydrazine groups is 1. The van der Waals surface area contributed by atoms with E-state index in [0.717, 1.165) is 0 Å². The Morgan fingerprint density at radius 1 is 0.833 bits per heavy atom. The summed E-state index contributed by atoms with van der Waals surface area (Å²) in [5.41, 5.74) is 12.9. The molecule has 0 bridgehead atoms. The molecule has 1 aliphatic rings. The molecule has 0 saturated heterocycles. The van der Waals surface area contributed by atoms with Crippen LogP contribution in [0, 0.1) is 0 Å². The lowest BCUT2D eigenvalue weighted by atomic mass is 9.93. The van der Waals surface area contributed by atoms with Crippen molar-refractivity contribution < 1.29 is 9.59 Å². The van der Waals surface area contributed by atoms with E-state index < -0.39 is 11.8 Å². The molecule has 90 valence electrons. The second-order valence-corrected chi connectivity index (χ2v) is 4.22. The highest BCUT2D eigenvalue weighted by molar-refractivity contribution is 6.26. The fourth-order valence-electron chi connectivity index (χ4n) is 2.25. The van der Waals surface area contributed by atoms with E-state index in [1.54, 1.807) is 12.1 Å². The molecule has 0 aromatic heterocycles. The third-order valence-electron chi connectivity index (χ3n) is 2.99. The van der Waals surface area contributed by atoms with Crippen molar-refractivity contribution in [3.8, 4) is 0 Å². The van der Waals surface area contributed by atoms with Crippen LogP contribution in [0.3, 0.4) is 0 Å². The van der Waals surface area contributed by atoms with E-state index in [0.29, 0.717) is 38.3 Å².